The number of aliphatic hydroxyl groups excluding tert-OH is 1. The van der Waals surface area contributed by atoms with Crippen molar-refractivity contribution in [3.63, 3.8) is 0 Å². The van der Waals surface area contributed by atoms with Gasteiger partial charge in [0.1, 0.15) is 0 Å². The number of hydrogen-bond donors (Lipinski definition) is 2. The van der Waals surface area contributed by atoms with Gasteiger partial charge in [-0.3, -0.25) is 4.90 Å². The van der Waals surface area contributed by atoms with Crippen LogP contribution in [0.3, 0.4) is 0 Å². The van der Waals surface area contributed by atoms with Crippen LogP contribution in [0.25, 0.3) is 0 Å². The lowest BCUT2D eigenvalue weighted by Gasteiger charge is -2.37. The molecule has 1 atom stereocenters. The maximum atomic E-state index is 8.95. The van der Waals surface area contributed by atoms with Crippen LogP contribution in [0, 0.1) is 5.41 Å². The molecule has 0 heterocycles. The van der Waals surface area contributed by atoms with Crippen LogP contribution in [-0.2, 0) is 0 Å². The van der Waals surface area contributed by atoms with Crippen molar-refractivity contribution < 1.29 is 5.11 Å². The van der Waals surface area contributed by atoms with Crippen molar-refractivity contribution in [3.05, 3.63) is 0 Å². The minimum Gasteiger partial charge on any atom is -0.395 e. The molecule has 86 valence electrons. The molecular formula is C11H26N2O. The first-order valence-electron chi connectivity index (χ1n) is 5.41. The van der Waals surface area contributed by atoms with E-state index in [1.54, 1.807) is 0 Å². The van der Waals surface area contributed by atoms with Gasteiger partial charge in [0, 0.05) is 25.2 Å². The molecule has 0 radical (unpaired) electrons. The highest BCUT2D eigenvalue weighted by Gasteiger charge is 2.26. The van der Waals surface area contributed by atoms with Crippen molar-refractivity contribution in [2.24, 2.45) is 11.1 Å². The Balaban J connectivity index is 4.28. The smallest absolute Gasteiger partial charge is 0.0558 e. The molecule has 0 aliphatic carbocycles. The molecule has 0 rings (SSSR count). The minimum absolute atomic E-state index is 0.0967. The topological polar surface area (TPSA) is 49.5 Å². The zero-order valence-corrected chi connectivity index (χ0v) is 10.2. The zero-order valence-electron chi connectivity index (χ0n) is 10.2. The van der Waals surface area contributed by atoms with Crippen molar-refractivity contribution in [3.8, 4) is 0 Å². The molecule has 0 fully saturated rings. The molecule has 0 saturated heterocycles. The highest BCUT2D eigenvalue weighted by molar-refractivity contribution is 4.82. The fourth-order valence-corrected chi connectivity index (χ4v) is 1.32. The summed E-state index contributed by atoms with van der Waals surface area (Å²) < 4.78 is 0. The molecule has 0 spiro atoms. The molecule has 14 heavy (non-hydrogen) atoms. The molecule has 3 heteroatoms. The van der Waals surface area contributed by atoms with Crippen LogP contribution in [0.1, 0.15) is 34.6 Å². The summed E-state index contributed by atoms with van der Waals surface area (Å²) >= 11 is 0. The van der Waals surface area contributed by atoms with Crippen molar-refractivity contribution in [1.82, 2.24) is 4.90 Å². The first kappa shape index (κ1) is 13.9. The van der Waals surface area contributed by atoms with Crippen LogP contribution in [0.5, 0.6) is 0 Å². The lowest BCUT2D eigenvalue weighted by atomic mass is 9.85. The monoisotopic (exact) mass is 202 g/mol. The highest BCUT2D eigenvalue weighted by Crippen LogP contribution is 2.21. The van der Waals surface area contributed by atoms with E-state index in [0.717, 1.165) is 13.1 Å². The molecule has 0 bridgehead atoms. The van der Waals surface area contributed by atoms with E-state index in [-0.39, 0.29) is 18.1 Å². The fourth-order valence-electron chi connectivity index (χ4n) is 1.32. The quantitative estimate of drug-likeness (QED) is 0.677. The predicted octanol–water partition coefficient (Wildman–Crippen LogP) is 1.06. The second-order valence-corrected chi connectivity index (χ2v) is 5.07. The summed E-state index contributed by atoms with van der Waals surface area (Å²) in [6.07, 6.45) is 0. The Labute approximate surface area is 88.3 Å². The summed E-state index contributed by atoms with van der Waals surface area (Å²) in [5, 5.41) is 8.95. The van der Waals surface area contributed by atoms with Gasteiger partial charge in [-0.15, -0.1) is 0 Å². The molecular weight excluding hydrogens is 176 g/mol. The second kappa shape index (κ2) is 5.69. The third-order valence-corrected chi connectivity index (χ3v) is 2.96. The minimum atomic E-state index is 0.0967. The Morgan fingerprint density at radius 1 is 1.29 bits per heavy atom. The van der Waals surface area contributed by atoms with E-state index >= 15 is 0 Å². The normalized spacial score (nSPS) is 15.2. The molecule has 0 amide bonds. The average Bonchev–Trinajstić information content (AvgIpc) is 2.02. The van der Waals surface area contributed by atoms with E-state index in [1.807, 2.05) is 6.92 Å². The third kappa shape index (κ3) is 4.40. The summed E-state index contributed by atoms with van der Waals surface area (Å²) in [7, 11) is 0. The predicted molar refractivity (Wildman–Crippen MR) is 61.2 cm³/mol. The molecule has 0 saturated carbocycles. The molecule has 0 aliphatic heterocycles. The number of hydrogen-bond acceptors (Lipinski definition) is 3. The van der Waals surface area contributed by atoms with Gasteiger partial charge in [0.25, 0.3) is 0 Å². The third-order valence-electron chi connectivity index (χ3n) is 2.96. The Morgan fingerprint density at radius 2 is 1.79 bits per heavy atom. The molecule has 3 N–H and O–H groups in total. The summed E-state index contributed by atoms with van der Waals surface area (Å²) in [6.45, 7) is 12.6. The van der Waals surface area contributed by atoms with Crippen molar-refractivity contribution in [2.75, 3.05) is 19.7 Å². The number of nitrogens with zero attached hydrogens (tertiary/aromatic N) is 1. The van der Waals surface area contributed by atoms with Crippen LogP contribution < -0.4 is 5.73 Å². The van der Waals surface area contributed by atoms with Crippen molar-refractivity contribution in [2.45, 2.75) is 46.7 Å². The zero-order chi connectivity index (χ0) is 11.4. The number of nitrogens with two attached hydrogens (primary N) is 1. The Hall–Kier alpha value is -0.120. The van der Waals surface area contributed by atoms with E-state index in [2.05, 4.69) is 32.6 Å². The summed E-state index contributed by atoms with van der Waals surface area (Å²) in [5.41, 5.74) is 6.02. The van der Waals surface area contributed by atoms with Crippen molar-refractivity contribution >= 4 is 0 Å². The van der Waals surface area contributed by atoms with E-state index in [1.165, 1.54) is 0 Å². The summed E-state index contributed by atoms with van der Waals surface area (Å²) in [6, 6.07) is 0.627. The SMILES string of the molecule is CC(C)N(CCO)CC(C)(C)C(C)N. The molecule has 0 aromatic carbocycles. The largest absolute Gasteiger partial charge is 0.395 e. The Morgan fingerprint density at radius 3 is 2.07 bits per heavy atom. The van der Waals surface area contributed by atoms with Gasteiger partial charge in [-0.1, -0.05) is 13.8 Å². The molecule has 0 aromatic heterocycles. The first-order valence-corrected chi connectivity index (χ1v) is 5.41. The van der Waals surface area contributed by atoms with Gasteiger partial charge in [-0.2, -0.15) is 0 Å². The molecule has 0 aromatic rings. The van der Waals surface area contributed by atoms with Crippen LogP contribution in [0.4, 0.5) is 0 Å². The van der Waals surface area contributed by atoms with Gasteiger partial charge in [0.05, 0.1) is 6.61 Å². The maximum Gasteiger partial charge on any atom is 0.0558 e. The van der Waals surface area contributed by atoms with Gasteiger partial charge in [-0.05, 0) is 26.2 Å². The molecule has 1 unspecified atom stereocenters. The summed E-state index contributed by atoms with van der Waals surface area (Å²) in [5.74, 6) is 0. The molecule has 0 aliphatic rings. The van der Waals surface area contributed by atoms with Crippen LogP contribution in [0.15, 0.2) is 0 Å². The van der Waals surface area contributed by atoms with Gasteiger partial charge >= 0.3 is 0 Å². The standard InChI is InChI=1S/C11H26N2O/c1-9(2)13(6-7-14)8-11(4,5)10(3)12/h9-10,14H,6-8,12H2,1-5H3. The van der Waals surface area contributed by atoms with Crippen LogP contribution in [0.2, 0.25) is 0 Å². The van der Waals surface area contributed by atoms with E-state index < -0.39 is 0 Å². The van der Waals surface area contributed by atoms with Gasteiger partial charge in [0.2, 0.25) is 0 Å². The van der Waals surface area contributed by atoms with Crippen LogP contribution >= 0.6 is 0 Å². The fraction of sp³-hybridized carbons (Fsp3) is 1.00. The first-order chi connectivity index (χ1) is 6.31. The van der Waals surface area contributed by atoms with E-state index in [0.29, 0.717) is 6.04 Å². The van der Waals surface area contributed by atoms with Gasteiger partial charge in [-0.25, -0.2) is 0 Å². The van der Waals surface area contributed by atoms with E-state index in [4.69, 9.17) is 10.8 Å². The number of rotatable bonds is 6. The van der Waals surface area contributed by atoms with Gasteiger partial charge < -0.3 is 10.8 Å². The lowest BCUT2D eigenvalue weighted by Crippen LogP contribution is -2.47. The molecule has 3 nitrogen and oxygen atoms in total. The average molecular weight is 202 g/mol. The summed E-state index contributed by atoms with van der Waals surface area (Å²) in [4.78, 5) is 2.27. The van der Waals surface area contributed by atoms with E-state index in [9.17, 15) is 0 Å². The van der Waals surface area contributed by atoms with Gasteiger partial charge in [0.15, 0.2) is 0 Å². The Kier molecular flexibility index (Phi) is 5.64. The Bertz CT molecular complexity index is 155. The second-order valence-electron chi connectivity index (χ2n) is 5.07. The van der Waals surface area contributed by atoms with Crippen molar-refractivity contribution in [1.29, 1.82) is 0 Å². The van der Waals surface area contributed by atoms with Crippen LogP contribution in [-0.4, -0.2) is 41.8 Å². The highest BCUT2D eigenvalue weighted by atomic mass is 16.3. The number of aliphatic hydroxyl groups is 1. The lowest BCUT2D eigenvalue weighted by molar-refractivity contribution is 0.105. The maximum absolute atomic E-state index is 8.95.